The molecule has 3 rings (SSSR count). The summed E-state index contributed by atoms with van der Waals surface area (Å²) in [6, 6.07) is 8.95. The zero-order valence-corrected chi connectivity index (χ0v) is 14.0. The van der Waals surface area contributed by atoms with Gasteiger partial charge in [-0.05, 0) is 30.7 Å². The highest BCUT2D eigenvalue weighted by atomic mass is 35.5. The highest BCUT2D eigenvalue weighted by molar-refractivity contribution is 6.31. The Morgan fingerprint density at radius 3 is 2.75 bits per heavy atom. The number of hydrogen-bond acceptors (Lipinski definition) is 4. The zero-order valence-electron chi connectivity index (χ0n) is 13.2. The monoisotopic (exact) mass is 341 g/mol. The average molecular weight is 342 g/mol. The van der Waals surface area contributed by atoms with Gasteiger partial charge in [-0.3, -0.25) is 4.79 Å². The summed E-state index contributed by atoms with van der Waals surface area (Å²) in [5.74, 6) is 0.158. The normalized spacial score (nSPS) is 10.6. The van der Waals surface area contributed by atoms with Gasteiger partial charge in [0, 0.05) is 23.7 Å². The maximum atomic E-state index is 12.3. The van der Waals surface area contributed by atoms with Crippen LogP contribution in [-0.2, 0) is 0 Å². The third kappa shape index (κ3) is 2.96. The van der Waals surface area contributed by atoms with Crippen molar-refractivity contribution in [2.24, 2.45) is 0 Å². The second-order valence-electron chi connectivity index (χ2n) is 5.34. The maximum absolute atomic E-state index is 12.3. The van der Waals surface area contributed by atoms with E-state index < -0.39 is 0 Å². The molecule has 7 heteroatoms. The molecule has 24 heavy (non-hydrogen) atoms. The van der Waals surface area contributed by atoms with Gasteiger partial charge in [-0.2, -0.15) is 0 Å². The van der Waals surface area contributed by atoms with Crippen molar-refractivity contribution in [3.05, 3.63) is 52.8 Å². The van der Waals surface area contributed by atoms with Crippen LogP contribution in [-0.4, -0.2) is 27.9 Å². The minimum atomic E-state index is -0.200. The largest absolute Gasteiger partial charge is 0.384 e. The van der Waals surface area contributed by atoms with E-state index in [9.17, 15) is 4.79 Å². The van der Waals surface area contributed by atoms with E-state index in [-0.39, 0.29) is 5.91 Å². The van der Waals surface area contributed by atoms with Gasteiger partial charge in [-0.1, -0.05) is 17.7 Å². The Morgan fingerprint density at radius 1 is 1.25 bits per heavy atom. The van der Waals surface area contributed by atoms with Crippen LogP contribution in [0.3, 0.4) is 0 Å². The molecule has 0 spiro atoms. The molecule has 0 atom stereocenters. The van der Waals surface area contributed by atoms with Crippen molar-refractivity contribution in [3.8, 4) is 22.6 Å². The number of amides is 1. The topological polar surface area (TPSA) is 96.7 Å². The summed E-state index contributed by atoms with van der Waals surface area (Å²) in [5.41, 5.74) is 10.1. The molecule has 0 unspecified atom stereocenters. The smallest absolute Gasteiger partial charge is 0.253 e. The van der Waals surface area contributed by atoms with Crippen LogP contribution >= 0.6 is 11.6 Å². The van der Waals surface area contributed by atoms with Crippen LogP contribution in [0.2, 0.25) is 5.02 Å². The lowest BCUT2D eigenvalue weighted by atomic mass is 10.0. The Balaban J connectivity index is 2.21. The summed E-state index contributed by atoms with van der Waals surface area (Å²) < 4.78 is 0. The number of aryl methyl sites for hydroxylation is 1. The van der Waals surface area contributed by atoms with Gasteiger partial charge in [0.05, 0.1) is 22.6 Å². The minimum absolute atomic E-state index is 0.200. The quantitative estimate of drug-likeness (QED) is 0.682. The summed E-state index contributed by atoms with van der Waals surface area (Å²) in [5, 5.41) is 3.25. The van der Waals surface area contributed by atoms with E-state index >= 15 is 0 Å². The van der Waals surface area contributed by atoms with Gasteiger partial charge in [-0.15, -0.1) is 0 Å². The number of benzene rings is 1. The van der Waals surface area contributed by atoms with Gasteiger partial charge in [-0.25, -0.2) is 9.97 Å². The zero-order chi connectivity index (χ0) is 17.3. The summed E-state index contributed by atoms with van der Waals surface area (Å²) in [6.07, 6.45) is 1.38. The van der Waals surface area contributed by atoms with Crippen molar-refractivity contribution in [2.45, 2.75) is 6.92 Å². The fraction of sp³-hybridized carbons (Fsp3) is 0.118. The molecular weight excluding hydrogens is 326 g/mol. The van der Waals surface area contributed by atoms with Crippen LogP contribution in [0, 0.1) is 6.92 Å². The minimum Gasteiger partial charge on any atom is -0.384 e. The second kappa shape index (κ2) is 6.33. The Morgan fingerprint density at radius 2 is 2.04 bits per heavy atom. The number of nitrogens with zero attached hydrogens (tertiary/aromatic N) is 2. The van der Waals surface area contributed by atoms with E-state index in [2.05, 4.69) is 20.3 Å². The Hall–Kier alpha value is -2.86. The number of carbonyl (C=O) groups excluding carboxylic acids is 1. The molecule has 0 aliphatic heterocycles. The Kier molecular flexibility index (Phi) is 4.22. The van der Waals surface area contributed by atoms with Crippen LogP contribution in [0.4, 0.5) is 5.82 Å². The first-order valence-electron chi connectivity index (χ1n) is 7.29. The molecule has 1 aromatic carbocycles. The molecule has 2 heterocycles. The lowest BCUT2D eigenvalue weighted by molar-refractivity contribution is 0.0964. The molecule has 0 aliphatic rings. The summed E-state index contributed by atoms with van der Waals surface area (Å²) in [6.45, 7) is 1.96. The third-order valence-corrected chi connectivity index (χ3v) is 3.96. The van der Waals surface area contributed by atoms with Gasteiger partial charge in [0.25, 0.3) is 5.91 Å². The highest BCUT2D eigenvalue weighted by Crippen LogP contribution is 2.32. The van der Waals surface area contributed by atoms with Crippen LogP contribution in [0.15, 0.2) is 36.7 Å². The molecular formula is C17H16ClN5O. The number of nitrogens with one attached hydrogen (secondary N) is 2. The van der Waals surface area contributed by atoms with Crippen molar-refractivity contribution in [3.63, 3.8) is 0 Å². The standard InChI is InChI=1S/C17H16ClN5O/c1-9-3-4-10(18)5-11(9)16-12(17(24)20-2)6-14(23-16)13-7-15(19)22-8-21-13/h3-8,23H,1-2H3,(H,20,24)(H2,19,21,22). The highest BCUT2D eigenvalue weighted by Gasteiger charge is 2.19. The lowest BCUT2D eigenvalue weighted by Gasteiger charge is -2.07. The lowest BCUT2D eigenvalue weighted by Crippen LogP contribution is -2.18. The van der Waals surface area contributed by atoms with Gasteiger partial charge in [0.15, 0.2) is 0 Å². The molecule has 0 saturated carbocycles. The number of anilines is 1. The molecule has 6 nitrogen and oxygen atoms in total. The number of H-pyrrole nitrogens is 1. The molecule has 1 amide bonds. The third-order valence-electron chi connectivity index (χ3n) is 3.72. The van der Waals surface area contributed by atoms with Crippen molar-refractivity contribution < 1.29 is 4.79 Å². The van der Waals surface area contributed by atoms with E-state index in [4.69, 9.17) is 17.3 Å². The van der Waals surface area contributed by atoms with Crippen LogP contribution in [0.25, 0.3) is 22.6 Å². The first kappa shape index (κ1) is 16.0. The first-order valence-corrected chi connectivity index (χ1v) is 7.67. The van der Waals surface area contributed by atoms with Crippen molar-refractivity contribution in [2.75, 3.05) is 12.8 Å². The van der Waals surface area contributed by atoms with Crippen molar-refractivity contribution in [1.82, 2.24) is 20.3 Å². The van der Waals surface area contributed by atoms with Crippen molar-refractivity contribution >= 4 is 23.3 Å². The number of nitrogen functional groups attached to an aromatic ring is 1. The number of hydrogen-bond donors (Lipinski definition) is 3. The number of nitrogens with two attached hydrogens (primary N) is 1. The molecule has 0 fully saturated rings. The number of halogens is 1. The predicted octanol–water partition coefficient (Wildman–Crippen LogP) is 3.04. The fourth-order valence-corrected chi connectivity index (χ4v) is 2.67. The number of aromatic nitrogens is 3. The maximum Gasteiger partial charge on any atom is 0.253 e. The fourth-order valence-electron chi connectivity index (χ4n) is 2.50. The van der Waals surface area contributed by atoms with E-state index in [1.807, 2.05) is 25.1 Å². The van der Waals surface area contributed by atoms with Gasteiger partial charge >= 0.3 is 0 Å². The van der Waals surface area contributed by atoms with Crippen molar-refractivity contribution in [1.29, 1.82) is 0 Å². The molecule has 2 aromatic heterocycles. The van der Waals surface area contributed by atoms with E-state index in [1.165, 1.54) is 6.33 Å². The summed E-state index contributed by atoms with van der Waals surface area (Å²) >= 11 is 6.13. The molecule has 122 valence electrons. The Bertz CT molecular complexity index is 919. The van der Waals surface area contributed by atoms with E-state index in [1.54, 1.807) is 19.2 Å². The SMILES string of the molecule is CNC(=O)c1cc(-c2cc(N)ncn2)[nH]c1-c1cc(Cl)ccc1C. The van der Waals surface area contributed by atoms with Crippen LogP contribution in [0.1, 0.15) is 15.9 Å². The van der Waals surface area contributed by atoms with Gasteiger partial charge < -0.3 is 16.0 Å². The molecule has 0 radical (unpaired) electrons. The molecule has 3 aromatic rings. The number of aromatic amines is 1. The molecule has 0 aliphatic carbocycles. The van der Waals surface area contributed by atoms with Crippen LogP contribution < -0.4 is 11.1 Å². The molecule has 0 bridgehead atoms. The second-order valence-corrected chi connectivity index (χ2v) is 5.77. The summed E-state index contributed by atoms with van der Waals surface area (Å²) in [4.78, 5) is 23.6. The molecule has 0 saturated heterocycles. The van der Waals surface area contributed by atoms with Gasteiger partial charge in [0.2, 0.25) is 0 Å². The molecule has 4 N–H and O–H groups in total. The summed E-state index contributed by atoms with van der Waals surface area (Å²) in [7, 11) is 1.59. The number of carbonyl (C=O) groups is 1. The first-order chi connectivity index (χ1) is 11.5. The van der Waals surface area contributed by atoms with Crippen LogP contribution in [0.5, 0.6) is 0 Å². The Labute approximate surface area is 144 Å². The predicted molar refractivity (Wildman–Crippen MR) is 94.8 cm³/mol. The average Bonchev–Trinajstić information content (AvgIpc) is 3.01. The van der Waals surface area contributed by atoms with E-state index in [0.717, 1.165) is 11.1 Å². The van der Waals surface area contributed by atoms with Gasteiger partial charge in [0.1, 0.15) is 12.1 Å². The van der Waals surface area contributed by atoms with E-state index in [0.29, 0.717) is 33.5 Å². The number of rotatable bonds is 3.